The molecular weight excluding hydrogens is 220 g/mol. The Bertz CT molecular complexity index is 450. The predicted molar refractivity (Wildman–Crippen MR) is 65.1 cm³/mol. The van der Waals surface area contributed by atoms with Crippen molar-refractivity contribution in [3.05, 3.63) is 47.3 Å². The highest BCUT2D eigenvalue weighted by Crippen LogP contribution is 2.23. The van der Waals surface area contributed by atoms with Crippen LogP contribution in [0.4, 0.5) is 0 Å². The summed E-state index contributed by atoms with van der Waals surface area (Å²) < 4.78 is 5.14. The zero-order chi connectivity index (χ0) is 11.4. The third-order valence-corrected chi connectivity index (χ3v) is 3.25. The van der Waals surface area contributed by atoms with Crippen LogP contribution >= 0.6 is 11.8 Å². The second-order valence-electron chi connectivity index (χ2n) is 3.57. The number of rotatable bonds is 4. The van der Waals surface area contributed by atoms with Gasteiger partial charge in [0.2, 0.25) is 0 Å². The smallest absolute Gasteiger partial charge is 0.147 e. The van der Waals surface area contributed by atoms with Crippen molar-refractivity contribution in [3.63, 3.8) is 0 Å². The van der Waals surface area contributed by atoms with Gasteiger partial charge >= 0.3 is 0 Å². The topological polar surface area (TPSA) is 52.0 Å². The Balaban J connectivity index is 1.94. The van der Waals surface area contributed by atoms with E-state index in [9.17, 15) is 0 Å². The number of hydrogen-bond donors (Lipinski definition) is 1. The van der Waals surface area contributed by atoms with Crippen LogP contribution in [0.25, 0.3) is 0 Å². The standard InChI is InChI=1S/C12H14N2OS/c1-9-6-11(15-14-9)8-16-12-4-2-10(7-13)3-5-12/h2-6H,7-8,13H2,1H3. The first kappa shape index (κ1) is 11.2. The van der Waals surface area contributed by atoms with Gasteiger partial charge in [-0.25, -0.2) is 0 Å². The van der Waals surface area contributed by atoms with Gasteiger partial charge in [-0.2, -0.15) is 0 Å². The second kappa shape index (κ2) is 5.18. The van der Waals surface area contributed by atoms with Crippen LogP contribution in [0.3, 0.4) is 0 Å². The maximum Gasteiger partial charge on any atom is 0.147 e. The van der Waals surface area contributed by atoms with Crippen LogP contribution in [0.1, 0.15) is 17.0 Å². The highest BCUT2D eigenvalue weighted by Gasteiger charge is 2.01. The molecule has 0 fully saturated rings. The van der Waals surface area contributed by atoms with Crippen LogP contribution in [0, 0.1) is 6.92 Å². The van der Waals surface area contributed by atoms with Crippen molar-refractivity contribution in [2.45, 2.75) is 24.1 Å². The molecule has 3 nitrogen and oxygen atoms in total. The Morgan fingerprint density at radius 1 is 1.31 bits per heavy atom. The lowest BCUT2D eigenvalue weighted by molar-refractivity contribution is 0.391. The highest BCUT2D eigenvalue weighted by molar-refractivity contribution is 7.98. The molecule has 1 aromatic carbocycles. The molecule has 0 aliphatic rings. The van der Waals surface area contributed by atoms with Crippen molar-refractivity contribution >= 4 is 11.8 Å². The molecule has 2 rings (SSSR count). The number of nitrogens with two attached hydrogens (primary N) is 1. The minimum Gasteiger partial charge on any atom is -0.360 e. The van der Waals surface area contributed by atoms with Crippen LogP contribution in [0.15, 0.2) is 39.8 Å². The summed E-state index contributed by atoms with van der Waals surface area (Å²) in [5, 5.41) is 3.85. The molecule has 2 aromatic rings. The zero-order valence-electron chi connectivity index (χ0n) is 9.14. The average molecular weight is 234 g/mol. The molecule has 2 N–H and O–H groups in total. The summed E-state index contributed by atoms with van der Waals surface area (Å²) in [6, 6.07) is 10.2. The van der Waals surface area contributed by atoms with E-state index in [-0.39, 0.29) is 0 Å². The number of aryl methyl sites for hydroxylation is 1. The number of thioether (sulfide) groups is 1. The van der Waals surface area contributed by atoms with Crippen molar-refractivity contribution in [3.8, 4) is 0 Å². The lowest BCUT2D eigenvalue weighted by Crippen LogP contribution is -1.94. The summed E-state index contributed by atoms with van der Waals surface area (Å²) in [6.45, 7) is 2.51. The molecule has 0 saturated carbocycles. The maximum absolute atomic E-state index is 5.54. The van der Waals surface area contributed by atoms with E-state index in [1.54, 1.807) is 11.8 Å². The summed E-state index contributed by atoms with van der Waals surface area (Å²) in [5.41, 5.74) is 7.62. The van der Waals surface area contributed by atoms with Gasteiger partial charge in [-0.3, -0.25) is 0 Å². The fourth-order valence-electron chi connectivity index (χ4n) is 1.36. The van der Waals surface area contributed by atoms with E-state index in [1.165, 1.54) is 4.90 Å². The lowest BCUT2D eigenvalue weighted by atomic mass is 10.2. The third kappa shape index (κ3) is 2.87. The van der Waals surface area contributed by atoms with Crippen molar-refractivity contribution in [2.75, 3.05) is 0 Å². The first-order valence-electron chi connectivity index (χ1n) is 5.12. The van der Waals surface area contributed by atoms with Crippen LogP contribution in [0.2, 0.25) is 0 Å². The molecular formula is C12H14N2OS. The molecule has 0 unspecified atom stereocenters. The highest BCUT2D eigenvalue weighted by atomic mass is 32.2. The van der Waals surface area contributed by atoms with Gasteiger partial charge in [-0.15, -0.1) is 11.8 Å². The van der Waals surface area contributed by atoms with Gasteiger partial charge in [0.15, 0.2) is 0 Å². The largest absolute Gasteiger partial charge is 0.360 e. The first-order valence-corrected chi connectivity index (χ1v) is 6.10. The summed E-state index contributed by atoms with van der Waals surface area (Å²) in [7, 11) is 0. The van der Waals surface area contributed by atoms with Crippen molar-refractivity contribution in [2.24, 2.45) is 5.73 Å². The van der Waals surface area contributed by atoms with E-state index in [4.69, 9.17) is 10.3 Å². The van der Waals surface area contributed by atoms with Gasteiger partial charge in [-0.1, -0.05) is 17.3 Å². The van der Waals surface area contributed by atoms with Gasteiger partial charge in [0, 0.05) is 17.5 Å². The summed E-state index contributed by atoms with van der Waals surface area (Å²) in [5.74, 6) is 1.72. The summed E-state index contributed by atoms with van der Waals surface area (Å²) in [4.78, 5) is 1.21. The van der Waals surface area contributed by atoms with Crippen molar-refractivity contribution in [1.29, 1.82) is 0 Å². The molecule has 4 heteroatoms. The molecule has 0 atom stereocenters. The quantitative estimate of drug-likeness (QED) is 0.826. The van der Waals surface area contributed by atoms with Crippen LogP contribution < -0.4 is 5.73 Å². The predicted octanol–water partition coefficient (Wildman–Crippen LogP) is 2.73. The monoisotopic (exact) mass is 234 g/mol. The Kier molecular flexibility index (Phi) is 3.64. The molecule has 0 spiro atoms. The molecule has 0 aliphatic carbocycles. The Labute approximate surface area is 99.0 Å². The van der Waals surface area contributed by atoms with E-state index in [0.29, 0.717) is 6.54 Å². The third-order valence-electron chi connectivity index (χ3n) is 2.22. The van der Waals surface area contributed by atoms with E-state index < -0.39 is 0 Å². The minimum absolute atomic E-state index is 0.590. The summed E-state index contributed by atoms with van der Waals surface area (Å²) >= 11 is 1.73. The molecule has 1 aromatic heterocycles. The van der Waals surface area contributed by atoms with Crippen molar-refractivity contribution < 1.29 is 4.52 Å². The maximum atomic E-state index is 5.54. The second-order valence-corrected chi connectivity index (χ2v) is 4.62. The SMILES string of the molecule is Cc1cc(CSc2ccc(CN)cc2)on1. The zero-order valence-corrected chi connectivity index (χ0v) is 9.96. The normalized spacial score (nSPS) is 10.6. The molecule has 0 radical (unpaired) electrons. The van der Waals surface area contributed by atoms with E-state index in [2.05, 4.69) is 17.3 Å². The van der Waals surface area contributed by atoms with E-state index >= 15 is 0 Å². The first-order chi connectivity index (χ1) is 7.78. The average Bonchev–Trinajstić information content (AvgIpc) is 2.73. The fourth-order valence-corrected chi connectivity index (χ4v) is 2.13. The molecule has 0 bridgehead atoms. The van der Waals surface area contributed by atoms with E-state index in [0.717, 1.165) is 22.8 Å². The number of aromatic nitrogens is 1. The van der Waals surface area contributed by atoms with Crippen molar-refractivity contribution in [1.82, 2.24) is 5.16 Å². The lowest BCUT2D eigenvalue weighted by Gasteiger charge is -2.00. The molecule has 1 heterocycles. The number of benzene rings is 1. The van der Waals surface area contributed by atoms with E-state index in [1.807, 2.05) is 25.1 Å². The fraction of sp³-hybridized carbons (Fsp3) is 0.250. The Hall–Kier alpha value is -1.26. The number of hydrogen-bond acceptors (Lipinski definition) is 4. The minimum atomic E-state index is 0.590. The summed E-state index contributed by atoms with van der Waals surface area (Å²) in [6.07, 6.45) is 0. The molecule has 84 valence electrons. The van der Waals surface area contributed by atoms with Gasteiger partial charge in [0.05, 0.1) is 11.4 Å². The van der Waals surface area contributed by atoms with Crippen LogP contribution in [-0.2, 0) is 12.3 Å². The van der Waals surface area contributed by atoms with Crippen LogP contribution in [0.5, 0.6) is 0 Å². The molecule has 0 amide bonds. The Morgan fingerprint density at radius 2 is 2.06 bits per heavy atom. The number of nitrogens with zero attached hydrogens (tertiary/aromatic N) is 1. The Morgan fingerprint density at radius 3 is 2.62 bits per heavy atom. The molecule has 16 heavy (non-hydrogen) atoms. The van der Waals surface area contributed by atoms with Crippen LogP contribution in [-0.4, -0.2) is 5.16 Å². The van der Waals surface area contributed by atoms with Gasteiger partial charge in [0.25, 0.3) is 0 Å². The van der Waals surface area contributed by atoms with Gasteiger partial charge in [-0.05, 0) is 24.6 Å². The van der Waals surface area contributed by atoms with Gasteiger partial charge < -0.3 is 10.3 Å². The molecule has 0 saturated heterocycles. The molecule has 0 aliphatic heterocycles. The van der Waals surface area contributed by atoms with Gasteiger partial charge in [0.1, 0.15) is 5.76 Å².